The van der Waals surface area contributed by atoms with E-state index in [0.717, 1.165) is 21.4 Å². The van der Waals surface area contributed by atoms with Crippen LogP contribution in [0.5, 0.6) is 0 Å². The molecule has 0 atom stereocenters. The average Bonchev–Trinajstić information content (AvgIpc) is 2.89. The van der Waals surface area contributed by atoms with Crippen LogP contribution in [0.2, 0.25) is 0 Å². The van der Waals surface area contributed by atoms with Crippen molar-refractivity contribution in [2.45, 2.75) is 36.5 Å². The van der Waals surface area contributed by atoms with Crippen molar-refractivity contribution in [3.05, 3.63) is 84.1 Å². The summed E-state index contributed by atoms with van der Waals surface area (Å²) < 4.78 is 5.48. The summed E-state index contributed by atoms with van der Waals surface area (Å²) in [5, 5.41) is 13.1. The molecule has 2 aromatic heterocycles. The largest absolute Gasteiger partial charge is 0.444 e. The van der Waals surface area contributed by atoms with Gasteiger partial charge >= 0.3 is 6.09 Å². The zero-order chi connectivity index (χ0) is 27.6. The second-order valence-corrected chi connectivity index (χ2v) is 11.6. The van der Waals surface area contributed by atoms with E-state index >= 15 is 0 Å². The van der Waals surface area contributed by atoms with Gasteiger partial charge in [-0.05, 0) is 80.4 Å². The van der Waals surface area contributed by atoms with Crippen LogP contribution in [0.1, 0.15) is 36.7 Å². The van der Waals surface area contributed by atoms with Gasteiger partial charge in [-0.2, -0.15) is 5.26 Å². The van der Waals surface area contributed by atoms with Crippen molar-refractivity contribution in [2.75, 3.05) is 18.4 Å². The third-order valence-electron chi connectivity index (χ3n) is 6.07. The number of thioether (sulfide) groups is 1. The van der Waals surface area contributed by atoms with Crippen LogP contribution in [-0.2, 0) is 4.74 Å². The first-order valence-electron chi connectivity index (χ1n) is 12.5. The van der Waals surface area contributed by atoms with Gasteiger partial charge in [0, 0.05) is 40.4 Å². The Bertz CT molecular complexity index is 1590. The Morgan fingerprint density at radius 3 is 2.56 bits per heavy atom. The molecule has 196 valence electrons. The minimum absolute atomic E-state index is 0.154. The van der Waals surface area contributed by atoms with Gasteiger partial charge < -0.3 is 15.0 Å². The van der Waals surface area contributed by atoms with Crippen molar-refractivity contribution in [1.29, 1.82) is 5.26 Å². The molecular formula is C30H27N5O3S. The number of anilines is 1. The van der Waals surface area contributed by atoms with Gasteiger partial charge in [-0.15, -0.1) is 11.8 Å². The molecule has 0 aliphatic carbocycles. The molecule has 0 bridgehead atoms. The number of benzene rings is 2. The van der Waals surface area contributed by atoms with Crippen LogP contribution in [0.4, 0.5) is 10.6 Å². The lowest BCUT2D eigenvalue weighted by Gasteiger charge is -2.39. The van der Waals surface area contributed by atoms with E-state index in [1.807, 2.05) is 63.2 Å². The Labute approximate surface area is 231 Å². The van der Waals surface area contributed by atoms with E-state index in [2.05, 4.69) is 21.4 Å². The molecule has 0 saturated carbocycles. The van der Waals surface area contributed by atoms with Crippen molar-refractivity contribution < 1.29 is 14.3 Å². The highest BCUT2D eigenvalue weighted by molar-refractivity contribution is 8.00. The van der Waals surface area contributed by atoms with Gasteiger partial charge in [0.25, 0.3) is 5.91 Å². The monoisotopic (exact) mass is 537 g/mol. The first kappa shape index (κ1) is 26.2. The summed E-state index contributed by atoms with van der Waals surface area (Å²) in [5.74, 6) is 0.138. The summed E-state index contributed by atoms with van der Waals surface area (Å²) in [4.78, 5) is 36.9. The smallest absolute Gasteiger partial charge is 0.410 e. The maximum Gasteiger partial charge on any atom is 0.410 e. The first-order chi connectivity index (χ1) is 18.7. The minimum atomic E-state index is -0.546. The highest BCUT2D eigenvalue weighted by Crippen LogP contribution is 2.38. The molecule has 1 aliphatic rings. The molecule has 2 amide bonds. The average molecular weight is 538 g/mol. The number of rotatable bonds is 5. The summed E-state index contributed by atoms with van der Waals surface area (Å²) in [7, 11) is 0. The second-order valence-electron chi connectivity index (χ2n) is 10.2. The summed E-state index contributed by atoms with van der Waals surface area (Å²) in [6.45, 7) is 6.65. The fourth-order valence-corrected chi connectivity index (χ4v) is 5.48. The van der Waals surface area contributed by atoms with E-state index in [4.69, 9.17) is 4.74 Å². The van der Waals surface area contributed by atoms with E-state index < -0.39 is 5.60 Å². The molecule has 4 aromatic rings. The van der Waals surface area contributed by atoms with Crippen molar-refractivity contribution in [2.24, 2.45) is 0 Å². The SMILES string of the molecule is CC(C)(C)OC(=O)N1CC(Sc2cc(C(=O)Nc3ccc4cccnc4n3)ccc2-c2ccc(C#N)cc2)C1. The number of likely N-dealkylation sites (tertiary alicyclic amines) is 1. The molecule has 0 radical (unpaired) electrons. The molecule has 1 N–H and O–H groups in total. The molecule has 0 spiro atoms. The zero-order valence-electron chi connectivity index (χ0n) is 21.8. The number of aromatic nitrogens is 2. The summed E-state index contributed by atoms with van der Waals surface area (Å²) in [5.41, 5.74) is 2.96. The minimum Gasteiger partial charge on any atom is -0.444 e. The van der Waals surface area contributed by atoms with Gasteiger partial charge in [-0.3, -0.25) is 4.79 Å². The Morgan fingerprint density at radius 1 is 1.08 bits per heavy atom. The molecule has 1 saturated heterocycles. The highest BCUT2D eigenvalue weighted by Gasteiger charge is 2.34. The normalized spacial score (nSPS) is 13.4. The van der Waals surface area contributed by atoms with Crippen molar-refractivity contribution in [1.82, 2.24) is 14.9 Å². The van der Waals surface area contributed by atoms with Crippen LogP contribution < -0.4 is 5.32 Å². The number of nitrogens with one attached hydrogen (secondary N) is 1. The molecule has 39 heavy (non-hydrogen) atoms. The highest BCUT2D eigenvalue weighted by atomic mass is 32.2. The lowest BCUT2D eigenvalue weighted by atomic mass is 10.0. The molecule has 2 aromatic carbocycles. The molecule has 0 unspecified atom stereocenters. The molecule has 8 nitrogen and oxygen atoms in total. The van der Waals surface area contributed by atoms with E-state index in [-0.39, 0.29) is 17.3 Å². The van der Waals surface area contributed by atoms with Crippen LogP contribution in [0, 0.1) is 11.3 Å². The van der Waals surface area contributed by atoms with Crippen molar-refractivity contribution in [3.63, 3.8) is 0 Å². The van der Waals surface area contributed by atoms with E-state index in [0.29, 0.717) is 35.7 Å². The van der Waals surface area contributed by atoms with Crippen LogP contribution in [0.25, 0.3) is 22.2 Å². The molecule has 9 heteroatoms. The number of ether oxygens (including phenoxy) is 1. The molecule has 3 heterocycles. The van der Waals surface area contributed by atoms with Gasteiger partial charge in [-0.1, -0.05) is 18.2 Å². The lowest BCUT2D eigenvalue weighted by molar-refractivity contribution is 0.0144. The second kappa shape index (κ2) is 10.8. The third kappa shape index (κ3) is 6.19. The fourth-order valence-electron chi connectivity index (χ4n) is 4.10. The number of pyridine rings is 2. The number of hydrogen-bond donors (Lipinski definition) is 1. The number of hydrogen-bond acceptors (Lipinski definition) is 7. The third-order valence-corrected chi connectivity index (χ3v) is 7.29. The van der Waals surface area contributed by atoms with Gasteiger partial charge in [0.1, 0.15) is 11.4 Å². The molecule has 1 aliphatic heterocycles. The Morgan fingerprint density at radius 2 is 1.85 bits per heavy atom. The Kier molecular flexibility index (Phi) is 7.22. The number of fused-ring (bicyclic) bond motifs is 1. The number of amides is 2. The zero-order valence-corrected chi connectivity index (χ0v) is 22.7. The summed E-state index contributed by atoms with van der Waals surface area (Å²) >= 11 is 1.62. The topological polar surface area (TPSA) is 108 Å². The van der Waals surface area contributed by atoms with Gasteiger partial charge in [0.15, 0.2) is 5.65 Å². The van der Waals surface area contributed by atoms with Crippen LogP contribution >= 0.6 is 11.8 Å². The van der Waals surface area contributed by atoms with Gasteiger partial charge in [-0.25, -0.2) is 14.8 Å². The maximum absolute atomic E-state index is 13.2. The first-order valence-corrected chi connectivity index (χ1v) is 13.4. The molecule has 5 rings (SSSR count). The van der Waals surface area contributed by atoms with Crippen LogP contribution in [-0.4, -0.2) is 50.8 Å². The van der Waals surface area contributed by atoms with Gasteiger partial charge in [0.2, 0.25) is 0 Å². The molecular weight excluding hydrogens is 510 g/mol. The van der Waals surface area contributed by atoms with Crippen LogP contribution in [0.3, 0.4) is 0 Å². The van der Waals surface area contributed by atoms with Crippen LogP contribution in [0.15, 0.2) is 77.8 Å². The quantitative estimate of drug-likeness (QED) is 0.326. The summed E-state index contributed by atoms with van der Waals surface area (Å²) in [6.07, 6.45) is 1.34. The van der Waals surface area contributed by atoms with E-state index in [9.17, 15) is 14.9 Å². The number of nitriles is 1. The van der Waals surface area contributed by atoms with E-state index in [1.165, 1.54) is 0 Å². The number of carbonyl (C=O) groups excluding carboxylic acids is 2. The summed E-state index contributed by atoms with van der Waals surface area (Å²) in [6, 6.07) is 22.4. The number of nitrogens with zero attached hydrogens (tertiary/aromatic N) is 4. The van der Waals surface area contributed by atoms with Crippen molar-refractivity contribution in [3.8, 4) is 17.2 Å². The fraction of sp³-hybridized carbons (Fsp3) is 0.233. The standard InChI is InChI=1S/C30H27N5O3S/c1-30(2,3)38-29(37)35-17-23(18-35)39-25-15-22(10-12-24(25)20-8-6-19(16-31)7-9-20)28(36)34-26-13-11-21-5-4-14-32-27(21)33-26/h4-15,23H,17-18H2,1-3H3,(H,32,33,34,36). The van der Waals surface area contributed by atoms with Crippen molar-refractivity contribution >= 4 is 40.6 Å². The predicted molar refractivity (Wildman–Crippen MR) is 152 cm³/mol. The van der Waals surface area contributed by atoms with Gasteiger partial charge in [0.05, 0.1) is 11.6 Å². The maximum atomic E-state index is 13.2. The predicted octanol–water partition coefficient (Wildman–Crippen LogP) is 6.13. The number of carbonyl (C=O) groups is 2. The van der Waals surface area contributed by atoms with E-state index in [1.54, 1.807) is 47.1 Å². The Balaban J connectivity index is 1.37. The molecule has 1 fully saturated rings. The Hall–Kier alpha value is -4.42. The lowest BCUT2D eigenvalue weighted by Crippen LogP contribution is -2.53.